The molecule has 0 fully saturated rings. The smallest absolute Gasteiger partial charge is 0.221 e. The minimum absolute atomic E-state index is 0.112. The van der Waals surface area contributed by atoms with Gasteiger partial charge in [0.05, 0.1) is 4.90 Å². The van der Waals surface area contributed by atoms with Crippen LogP contribution in [0.25, 0.3) is 0 Å². The van der Waals surface area contributed by atoms with E-state index in [0.29, 0.717) is 6.42 Å². The van der Waals surface area contributed by atoms with E-state index in [-0.39, 0.29) is 4.90 Å². The van der Waals surface area contributed by atoms with Crippen molar-refractivity contribution in [3.05, 3.63) is 28.7 Å². The van der Waals surface area contributed by atoms with Crippen LogP contribution >= 0.6 is 15.9 Å². The van der Waals surface area contributed by atoms with Gasteiger partial charge in [-0.3, -0.25) is 5.41 Å². The molecule has 0 aliphatic heterocycles. The zero-order valence-corrected chi connectivity index (χ0v) is 12.0. The summed E-state index contributed by atoms with van der Waals surface area (Å²) in [5.74, 6) is 0. The number of hydrogen-bond donors (Lipinski definition) is 1. The van der Waals surface area contributed by atoms with Gasteiger partial charge in [-0.05, 0) is 30.7 Å². The highest BCUT2D eigenvalue weighted by molar-refractivity contribution is 9.10. The lowest BCUT2D eigenvalue weighted by Gasteiger charge is -2.14. The van der Waals surface area contributed by atoms with Gasteiger partial charge in [0.1, 0.15) is 6.10 Å². The molecule has 0 radical (unpaired) electrons. The van der Waals surface area contributed by atoms with Crippen molar-refractivity contribution in [1.29, 1.82) is 5.41 Å². The predicted octanol–water partition coefficient (Wildman–Crippen LogP) is 2.63. The van der Waals surface area contributed by atoms with Gasteiger partial charge in [-0.1, -0.05) is 22.9 Å². The molecule has 0 aliphatic carbocycles. The molecular formula is C11H14BrNO3S. The second-order valence-electron chi connectivity index (χ2n) is 3.45. The van der Waals surface area contributed by atoms with Crippen molar-refractivity contribution < 1.29 is 13.2 Å². The molecule has 0 spiro atoms. The zero-order valence-electron chi connectivity index (χ0n) is 9.60. The first-order valence-electron chi connectivity index (χ1n) is 5.05. The highest BCUT2D eigenvalue weighted by atomic mass is 79.9. The monoisotopic (exact) mass is 319 g/mol. The maximum atomic E-state index is 12.1. The number of benzene rings is 1. The Morgan fingerprint density at radius 3 is 2.35 bits per heavy atom. The number of methoxy groups -OCH3 is 1. The van der Waals surface area contributed by atoms with Crippen molar-refractivity contribution >= 4 is 30.8 Å². The summed E-state index contributed by atoms with van der Waals surface area (Å²) in [6, 6.07) is 6.20. The molecule has 1 rings (SSSR count). The number of sulfone groups is 1. The molecule has 1 aromatic rings. The molecule has 4 nitrogen and oxygen atoms in total. The van der Waals surface area contributed by atoms with Crippen molar-refractivity contribution in [1.82, 2.24) is 0 Å². The normalized spacial score (nSPS) is 13.4. The van der Waals surface area contributed by atoms with Gasteiger partial charge in [0.25, 0.3) is 0 Å². The predicted molar refractivity (Wildman–Crippen MR) is 70.1 cm³/mol. The Morgan fingerprint density at radius 1 is 1.41 bits per heavy atom. The number of ether oxygens (including phenoxy) is 1. The largest absolute Gasteiger partial charge is 0.374 e. The first-order chi connectivity index (χ1) is 7.93. The molecule has 94 valence electrons. The quantitative estimate of drug-likeness (QED) is 0.685. The Hall–Kier alpha value is -0.720. The van der Waals surface area contributed by atoms with E-state index >= 15 is 0 Å². The number of rotatable bonds is 4. The first kappa shape index (κ1) is 14.3. The van der Waals surface area contributed by atoms with E-state index in [1.165, 1.54) is 19.2 Å². The summed E-state index contributed by atoms with van der Waals surface area (Å²) in [7, 11) is -2.34. The van der Waals surface area contributed by atoms with Crippen LogP contribution in [0.15, 0.2) is 33.6 Å². The van der Waals surface area contributed by atoms with Crippen molar-refractivity contribution in [3.8, 4) is 0 Å². The molecule has 1 aromatic carbocycles. The van der Waals surface area contributed by atoms with E-state index in [1.54, 1.807) is 19.1 Å². The molecule has 0 heterocycles. The summed E-state index contributed by atoms with van der Waals surface area (Å²) < 4.78 is 29.9. The molecular weight excluding hydrogens is 306 g/mol. The van der Waals surface area contributed by atoms with Gasteiger partial charge < -0.3 is 4.74 Å². The van der Waals surface area contributed by atoms with Crippen molar-refractivity contribution in [2.75, 3.05) is 7.11 Å². The van der Waals surface area contributed by atoms with Crippen LogP contribution in [0, 0.1) is 5.41 Å². The summed E-state index contributed by atoms with van der Waals surface area (Å²) in [5, 5.41) is 7.32. The molecule has 1 atom stereocenters. The Balaban J connectivity index is 3.11. The van der Waals surface area contributed by atoms with E-state index in [1.807, 2.05) is 0 Å². The van der Waals surface area contributed by atoms with Gasteiger partial charge in [-0.2, -0.15) is 0 Å². The summed E-state index contributed by atoms with van der Waals surface area (Å²) in [6.45, 7) is 1.78. The van der Waals surface area contributed by atoms with Crippen LogP contribution < -0.4 is 0 Å². The number of nitrogens with one attached hydrogen (secondary N) is 1. The third-order valence-corrected chi connectivity index (χ3v) is 4.62. The highest BCUT2D eigenvalue weighted by Gasteiger charge is 2.27. The molecule has 0 saturated heterocycles. The Morgan fingerprint density at radius 2 is 1.94 bits per heavy atom. The Labute approximate surface area is 110 Å². The molecule has 6 heteroatoms. The molecule has 17 heavy (non-hydrogen) atoms. The minimum atomic E-state index is -3.74. The summed E-state index contributed by atoms with van der Waals surface area (Å²) in [5.41, 5.74) is 0. The van der Waals surface area contributed by atoms with E-state index in [9.17, 15) is 8.42 Å². The standard InChI is InChI=1S/C11H14BrNO3S/c1-3-10(16-2)11(13)17(14,15)9-6-4-8(12)5-7-9/h4-7,10,13H,3H2,1-2H3. The molecule has 0 saturated carbocycles. The van der Waals surface area contributed by atoms with E-state index in [0.717, 1.165) is 4.47 Å². The van der Waals surface area contributed by atoms with Gasteiger partial charge >= 0.3 is 0 Å². The average molecular weight is 320 g/mol. The lowest BCUT2D eigenvalue weighted by atomic mass is 10.3. The Bertz CT molecular complexity index is 492. The van der Waals surface area contributed by atoms with E-state index < -0.39 is 21.0 Å². The van der Waals surface area contributed by atoms with Crippen molar-refractivity contribution in [2.24, 2.45) is 0 Å². The van der Waals surface area contributed by atoms with Crippen LogP contribution in [-0.4, -0.2) is 26.7 Å². The lowest BCUT2D eigenvalue weighted by Crippen LogP contribution is -2.29. The average Bonchev–Trinajstić information content (AvgIpc) is 2.31. The summed E-state index contributed by atoms with van der Waals surface area (Å²) in [4.78, 5) is 0.112. The topological polar surface area (TPSA) is 67.2 Å². The fourth-order valence-electron chi connectivity index (χ4n) is 1.37. The van der Waals surface area contributed by atoms with Gasteiger partial charge in [0, 0.05) is 11.6 Å². The van der Waals surface area contributed by atoms with Gasteiger partial charge in [0.15, 0.2) is 5.04 Å². The van der Waals surface area contributed by atoms with Crippen LogP contribution in [0.2, 0.25) is 0 Å². The highest BCUT2D eigenvalue weighted by Crippen LogP contribution is 2.18. The van der Waals surface area contributed by atoms with E-state index in [2.05, 4.69) is 15.9 Å². The third-order valence-electron chi connectivity index (χ3n) is 2.36. The molecule has 1 unspecified atom stereocenters. The second-order valence-corrected chi connectivity index (χ2v) is 6.29. The number of hydrogen-bond acceptors (Lipinski definition) is 4. The van der Waals surface area contributed by atoms with Crippen molar-refractivity contribution in [3.63, 3.8) is 0 Å². The molecule has 0 bridgehead atoms. The van der Waals surface area contributed by atoms with Crippen LogP contribution in [0.4, 0.5) is 0 Å². The lowest BCUT2D eigenvalue weighted by molar-refractivity contribution is 0.154. The fourth-order valence-corrected chi connectivity index (χ4v) is 2.99. The maximum Gasteiger partial charge on any atom is 0.221 e. The fraction of sp³-hybridized carbons (Fsp3) is 0.364. The molecule has 0 aliphatic rings. The van der Waals surface area contributed by atoms with Crippen LogP contribution in [0.3, 0.4) is 0 Å². The number of halogens is 1. The van der Waals surface area contributed by atoms with Gasteiger partial charge in [-0.15, -0.1) is 0 Å². The summed E-state index contributed by atoms with van der Waals surface area (Å²) in [6.07, 6.45) is -0.242. The van der Waals surface area contributed by atoms with Crippen molar-refractivity contribution in [2.45, 2.75) is 24.3 Å². The van der Waals surface area contributed by atoms with E-state index in [4.69, 9.17) is 10.1 Å². The SMILES string of the molecule is CCC(OC)C(=N)S(=O)(=O)c1ccc(Br)cc1. The van der Waals surface area contributed by atoms with Crippen LogP contribution in [-0.2, 0) is 14.6 Å². The minimum Gasteiger partial charge on any atom is -0.374 e. The maximum absolute atomic E-state index is 12.1. The second kappa shape index (κ2) is 5.75. The molecule has 0 aromatic heterocycles. The summed E-state index contributed by atoms with van der Waals surface area (Å²) >= 11 is 3.23. The van der Waals surface area contributed by atoms with Gasteiger partial charge in [-0.25, -0.2) is 8.42 Å². The molecule has 1 N–H and O–H groups in total. The third kappa shape index (κ3) is 3.14. The van der Waals surface area contributed by atoms with Gasteiger partial charge in [0.2, 0.25) is 9.84 Å². The Kier molecular flexibility index (Phi) is 4.85. The molecule has 0 amide bonds. The van der Waals surface area contributed by atoms with Crippen LogP contribution in [0.1, 0.15) is 13.3 Å². The zero-order chi connectivity index (χ0) is 13.1. The van der Waals surface area contributed by atoms with Crippen LogP contribution in [0.5, 0.6) is 0 Å². The first-order valence-corrected chi connectivity index (χ1v) is 7.33.